The molecule has 0 aliphatic rings. The average Bonchev–Trinajstić information content (AvgIpc) is 2.08. The van der Waals surface area contributed by atoms with E-state index in [1.165, 1.54) is 6.07 Å². The highest BCUT2D eigenvalue weighted by molar-refractivity contribution is 5.26. The monoisotopic (exact) mass is 183 g/mol. The minimum Gasteiger partial charge on any atom is -0.321 e. The summed E-state index contributed by atoms with van der Waals surface area (Å²) in [7, 11) is 0. The lowest BCUT2D eigenvalue weighted by Crippen LogP contribution is -2.11. The van der Waals surface area contributed by atoms with Gasteiger partial charge in [0, 0.05) is 0 Å². The van der Waals surface area contributed by atoms with Crippen molar-refractivity contribution in [3.63, 3.8) is 0 Å². The number of rotatable bonds is 2. The highest BCUT2D eigenvalue weighted by Gasteiger charge is 2.09. The van der Waals surface area contributed by atoms with Crippen LogP contribution in [0.3, 0.4) is 0 Å². The maximum absolute atomic E-state index is 12.7. The molecule has 70 valence electrons. The van der Waals surface area contributed by atoms with Crippen LogP contribution in [0.5, 0.6) is 0 Å². The molecular formula is C10H11F2N. The van der Waals surface area contributed by atoms with Crippen LogP contribution in [0.4, 0.5) is 8.78 Å². The first-order valence-electron chi connectivity index (χ1n) is 3.88. The normalized spacial score (nSPS) is 12.6. The smallest absolute Gasteiger partial charge is 0.159 e. The molecule has 3 heteroatoms. The van der Waals surface area contributed by atoms with Crippen LogP contribution in [0.1, 0.15) is 18.5 Å². The molecule has 0 aromatic heterocycles. The van der Waals surface area contributed by atoms with Gasteiger partial charge >= 0.3 is 0 Å². The number of nitrogens with two attached hydrogens (primary N) is 1. The summed E-state index contributed by atoms with van der Waals surface area (Å²) in [6, 6.07) is 3.18. The first kappa shape index (κ1) is 9.86. The second kappa shape index (κ2) is 3.66. The van der Waals surface area contributed by atoms with Gasteiger partial charge in [0.1, 0.15) is 0 Å². The molecule has 0 spiro atoms. The molecule has 2 N–H and O–H groups in total. The molecule has 13 heavy (non-hydrogen) atoms. The van der Waals surface area contributed by atoms with Crippen LogP contribution in [0, 0.1) is 11.6 Å². The molecule has 0 bridgehead atoms. The third-order valence-electron chi connectivity index (χ3n) is 1.83. The van der Waals surface area contributed by atoms with Crippen LogP contribution in [0.2, 0.25) is 0 Å². The van der Waals surface area contributed by atoms with Crippen LogP contribution in [0.15, 0.2) is 30.4 Å². The van der Waals surface area contributed by atoms with Crippen molar-refractivity contribution < 1.29 is 8.78 Å². The molecule has 0 unspecified atom stereocenters. The summed E-state index contributed by atoms with van der Waals surface area (Å²) >= 11 is 0. The second-order valence-corrected chi connectivity index (χ2v) is 3.00. The standard InChI is InChI=1S/C10H11F2N/c1-6(2)10(13)7-3-4-8(11)9(12)5-7/h3-5,10H,1,13H2,2H3/t10-/m1/s1. The Hall–Kier alpha value is -1.22. The molecule has 0 fully saturated rings. The lowest BCUT2D eigenvalue weighted by atomic mass is 10.0. The van der Waals surface area contributed by atoms with Gasteiger partial charge < -0.3 is 5.73 Å². The van der Waals surface area contributed by atoms with Crippen LogP contribution in [-0.2, 0) is 0 Å². The van der Waals surface area contributed by atoms with Gasteiger partial charge in [0.25, 0.3) is 0 Å². The fourth-order valence-corrected chi connectivity index (χ4v) is 0.990. The quantitative estimate of drug-likeness (QED) is 0.700. The Bertz CT molecular complexity index is 334. The number of halogens is 2. The second-order valence-electron chi connectivity index (χ2n) is 3.00. The molecule has 0 heterocycles. The van der Waals surface area contributed by atoms with Gasteiger partial charge in [0.2, 0.25) is 0 Å². The summed E-state index contributed by atoms with van der Waals surface area (Å²) in [5.41, 5.74) is 6.92. The van der Waals surface area contributed by atoms with Crippen LogP contribution in [0.25, 0.3) is 0 Å². The predicted molar refractivity (Wildman–Crippen MR) is 48.1 cm³/mol. The van der Waals surface area contributed by atoms with E-state index in [0.29, 0.717) is 11.1 Å². The topological polar surface area (TPSA) is 26.0 Å². The molecule has 0 saturated carbocycles. The predicted octanol–water partition coefficient (Wildman–Crippen LogP) is 2.54. The van der Waals surface area contributed by atoms with Gasteiger partial charge in [-0.25, -0.2) is 8.78 Å². The van der Waals surface area contributed by atoms with Gasteiger partial charge in [0.05, 0.1) is 6.04 Å². The molecule has 0 radical (unpaired) electrons. The van der Waals surface area contributed by atoms with Crippen molar-refractivity contribution in [3.8, 4) is 0 Å². The molecule has 1 nitrogen and oxygen atoms in total. The zero-order chi connectivity index (χ0) is 10.0. The molecule has 0 aliphatic heterocycles. The van der Waals surface area contributed by atoms with E-state index >= 15 is 0 Å². The molecule has 1 atom stereocenters. The number of hydrogen-bond donors (Lipinski definition) is 1. The first-order valence-corrected chi connectivity index (χ1v) is 3.88. The summed E-state index contributed by atoms with van der Waals surface area (Å²) in [5.74, 6) is -1.74. The SMILES string of the molecule is C=C(C)[C@@H](N)c1ccc(F)c(F)c1. The number of hydrogen-bond acceptors (Lipinski definition) is 1. The van der Waals surface area contributed by atoms with Crippen molar-refractivity contribution in [1.29, 1.82) is 0 Å². The largest absolute Gasteiger partial charge is 0.321 e. The lowest BCUT2D eigenvalue weighted by Gasteiger charge is -2.11. The molecule has 1 rings (SSSR count). The molecule has 0 aliphatic carbocycles. The van der Waals surface area contributed by atoms with E-state index in [9.17, 15) is 8.78 Å². The third kappa shape index (κ3) is 2.12. The van der Waals surface area contributed by atoms with Crippen LogP contribution in [-0.4, -0.2) is 0 Å². The van der Waals surface area contributed by atoms with E-state index in [1.54, 1.807) is 6.92 Å². The summed E-state index contributed by atoms with van der Waals surface area (Å²) in [6.07, 6.45) is 0. The molecule has 1 aromatic rings. The van der Waals surface area contributed by atoms with E-state index in [0.717, 1.165) is 12.1 Å². The van der Waals surface area contributed by atoms with Gasteiger partial charge in [0.15, 0.2) is 11.6 Å². The zero-order valence-electron chi connectivity index (χ0n) is 7.35. The maximum Gasteiger partial charge on any atom is 0.159 e. The minimum atomic E-state index is -0.880. The Morgan fingerprint density at radius 3 is 2.46 bits per heavy atom. The highest BCUT2D eigenvalue weighted by atomic mass is 19.2. The Kier molecular flexibility index (Phi) is 2.78. The summed E-state index contributed by atoms with van der Waals surface area (Å²) < 4.78 is 25.3. The Labute approximate surface area is 75.9 Å². The maximum atomic E-state index is 12.7. The van der Waals surface area contributed by atoms with E-state index in [2.05, 4.69) is 6.58 Å². The minimum absolute atomic E-state index is 0.435. The Balaban J connectivity index is 3.03. The molecule has 0 amide bonds. The van der Waals surface area contributed by atoms with Crippen molar-refractivity contribution in [2.24, 2.45) is 5.73 Å². The van der Waals surface area contributed by atoms with Gasteiger partial charge in [-0.15, -0.1) is 0 Å². The van der Waals surface area contributed by atoms with Gasteiger partial charge in [-0.2, -0.15) is 0 Å². The van der Waals surface area contributed by atoms with Gasteiger partial charge in [-0.05, 0) is 24.6 Å². The van der Waals surface area contributed by atoms with E-state index < -0.39 is 17.7 Å². The van der Waals surface area contributed by atoms with Crippen molar-refractivity contribution in [2.45, 2.75) is 13.0 Å². The van der Waals surface area contributed by atoms with E-state index in [-0.39, 0.29) is 0 Å². The summed E-state index contributed by atoms with van der Waals surface area (Å²) in [5, 5.41) is 0. The van der Waals surface area contributed by atoms with Gasteiger partial charge in [-0.1, -0.05) is 18.2 Å². The highest BCUT2D eigenvalue weighted by Crippen LogP contribution is 2.19. The zero-order valence-corrected chi connectivity index (χ0v) is 7.35. The van der Waals surface area contributed by atoms with E-state index in [4.69, 9.17) is 5.73 Å². The van der Waals surface area contributed by atoms with E-state index in [1.807, 2.05) is 0 Å². The molecule has 1 aromatic carbocycles. The fraction of sp³-hybridized carbons (Fsp3) is 0.200. The van der Waals surface area contributed by atoms with Crippen molar-refractivity contribution in [2.75, 3.05) is 0 Å². The summed E-state index contributed by atoms with van der Waals surface area (Å²) in [6.45, 7) is 5.38. The molecule has 0 saturated heterocycles. The van der Waals surface area contributed by atoms with Crippen molar-refractivity contribution in [3.05, 3.63) is 47.5 Å². The van der Waals surface area contributed by atoms with Crippen molar-refractivity contribution >= 4 is 0 Å². The number of benzene rings is 1. The lowest BCUT2D eigenvalue weighted by molar-refractivity contribution is 0.506. The fourth-order valence-electron chi connectivity index (χ4n) is 0.990. The Morgan fingerprint density at radius 2 is 2.00 bits per heavy atom. The third-order valence-corrected chi connectivity index (χ3v) is 1.83. The summed E-state index contributed by atoms with van der Waals surface area (Å²) in [4.78, 5) is 0. The van der Waals surface area contributed by atoms with Crippen LogP contribution >= 0.6 is 0 Å². The van der Waals surface area contributed by atoms with Crippen LogP contribution < -0.4 is 5.73 Å². The average molecular weight is 183 g/mol. The first-order chi connectivity index (χ1) is 6.02. The van der Waals surface area contributed by atoms with Gasteiger partial charge in [-0.3, -0.25) is 0 Å². The Morgan fingerprint density at radius 1 is 1.38 bits per heavy atom. The van der Waals surface area contributed by atoms with Crippen molar-refractivity contribution in [1.82, 2.24) is 0 Å². The molecular weight excluding hydrogens is 172 g/mol.